The molecule has 0 fully saturated rings. The van der Waals surface area contributed by atoms with Gasteiger partial charge >= 0.3 is 0 Å². The number of phenols is 1. The van der Waals surface area contributed by atoms with E-state index in [0.29, 0.717) is 5.33 Å². The maximum Gasteiger partial charge on any atom is 0.123 e. The van der Waals surface area contributed by atoms with Crippen LogP contribution < -0.4 is 0 Å². The molecule has 2 rings (SSSR count). The van der Waals surface area contributed by atoms with Crippen molar-refractivity contribution >= 4 is 32.3 Å². The molecule has 0 saturated heterocycles. The fourth-order valence-corrected chi connectivity index (χ4v) is 1.98. The van der Waals surface area contributed by atoms with Crippen LogP contribution in [0.3, 0.4) is 0 Å². The monoisotopic (exact) mass is 262 g/mol. The molecule has 15 heavy (non-hydrogen) atoms. The molecule has 1 nitrogen and oxygen atoms in total. The van der Waals surface area contributed by atoms with Crippen LogP contribution in [0, 0.1) is 0 Å². The summed E-state index contributed by atoms with van der Waals surface area (Å²) in [6.45, 7) is 3.95. The molecular formula is C13H11BrO. The van der Waals surface area contributed by atoms with Crippen LogP contribution in [0.4, 0.5) is 0 Å². The summed E-state index contributed by atoms with van der Waals surface area (Å²) in [4.78, 5) is 0. The van der Waals surface area contributed by atoms with Gasteiger partial charge in [-0.1, -0.05) is 52.8 Å². The first-order valence-electron chi connectivity index (χ1n) is 4.69. The molecule has 0 saturated carbocycles. The number of phenolic OH excluding ortho intramolecular Hbond substituents is 1. The highest BCUT2D eigenvalue weighted by molar-refractivity contribution is 9.09. The first kappa shape index (κ1) is 10.2. The maximum atomic E-state index is 9.83. The quantitative estimate of drug-likeness (QED) is 0.813. The summed E-state index contributed by atoms with van der Waals surface area (Å²) in [5.74, 6) is 0.290. The Morgan fingerprint density at radius 2 is 1.93 bits per heavy atom. The molecule has 76 valence electrons. The number of hydrogen-bond acceptors (Lipinski definition) is 1. The van der Waals surface area contributed by atoms with E-state index in [1.54, 1.807) is 6.07 Å². The molecule has 2 aromatic carbocycles. The molecule has 0 unspecified atom stereocenters. The number of benzene rings is 2. The van der Waals surface area contributed by atoms with Crippen molar-refractivity contribution in [1.29, 1.82) is 0 Å². The lowest BCUT2D eigenvalue weighted by Crippen LogP contribution is -1.87. The summed E-state index contributed by atoms with van der Waals surface area (Å²) in [5, 5.41) is 12.7. The van der Waals surface area contributed by atoms with Gasteiger partial charge in [-0.05, 0) is 22.4 Å². The highest BCUT2D eigenvalue weighted by atomic mass is 79.9. The van der Waals surface area contributed by atoms with Crippen molar-refractivity contribution in [2.24, 2.45) is 0 Å². The second kappa shape index (κ2) is 4.07. The van der Waals surface area contributed by atoms with E-state index in [1.165, 1.54) is 0 Å². The average molecular weight is 263 g/mol. The predicted octanol–water partition coefficient (Wildman–Crippen LogP) is 3.95. The van der Waals surface area contributed by atoms with Gasteiger partial charge < -0.3 is 5.11 Å². The minimum Gasteiger partial charge on any atom is -0.507 e. The maximum absolute atomic E-state index is 9.83. The van der Waals surface area contributed by atoms with Crippen molar-refractivity contribution in [1.82, 2.24) is 0 Å². The van der Waals surface area contributed by atoms with Gasteiger partial charge in [-0.2, -0.15) is 0 Å². The van der Waals surface area contributed by atoms with E-state index in [4.69, 9.17) is 0 Å². The first-order chi connectivity index (χ1) is 7.24. The lowest BCUT2D eigenvalue weighted by Gasteiger charge is -2.09. The molecule has 0 amide bonds. The van der Waals surface area contributed by atoms with Gasteiger partial charge in [-0.15, -0.1) is 0 Å². The normalized spacial score (nSPS) is 10.5. The van der Waals surface area contributed by atoms with E-state index in [2.05, 4.69) is 22.5 Å². The van der Waals surface area contributed by atoms with E-state index in [9.17, 15) is 5.11 Å². The second-order valence-electron chi connectivity index (χ2n) is 3.42. The summed E-state index contributed by atoms with van der Waals surface area (Å²) < 4.78 is 0. The third-order valence-corrected chi connectivity index (χ3v) is 3.10. The molecule has 0 atom stereocenters. The van der Waals surface area contributed by atoms with Crippen LogP contribution in [0.1, 0.15) is 5.56 Å². The van der Waals surface area contributed by atoms with Crippen LogP contribution in [0.5, 0.6) is 5.75 Å². The van der Waals surface area contributed by atoms with Gasteiger partial charge in [0, 0.05) is 10.9 Å². The van der Waals surface area contributed by atoms with Crippen LogP contribution in [0.15, 0.2) is 43.0 Å². The highest BCUT2D eigenvalue weighted by Gasteiger charge is 2.08. The van der Waals surface area contributed by atoms with Crippen LogP contribution in [0.25, 0.3) is 16.3 Å². The standard InChI is InChI=1S/C13H11BrO/c1-9(8-14)13-11-5-3-2-4-10(11)6-7-12(13)15/h2-7,15H,1,8H2. The fourth-order valence-electron chi connectivity index (χ4n) is 1.70. The topological polar surface area (TPSA) is 20.2 Å². The number of halogens is 1. The Morgan fingerprint density at radius 3 is 2.67 bits per heavy atom. The number of aromatic hydroxyl groups is 1. The van der Waals surface area contributed by atoms with E-state index in [0.717, 1.165) is 21.9 Å². The van der Waals surface area contributed by atoms with Gasteiger partial charge in [0.2, 0.25) is 0 Å². The molecule has 1 N–H and O–H groups in total. The van der Waals surface area contributed by atoms with Crippen LogP contribution in [0.2, 0.25) is 0 Å². The predicted molar refractivity (Wildman–Crippen MR) is 68.4 cm³/mol. The van der Waals surface area contributed by atoms with Crippen molar-refractivity contribution in [3.8, 4) is 5.75 Å². The average Bonchev–Trinajstić information content (AvgIpc) is 2.28. The number of fused-ring (bicyclic) bond motifs is 1. The minimum atomic E-state index is 0.290. The Bertz CT molecular complexity index is 517. The third-order valence-electron chi connectivity index (χ3n) is 2.42. The Kier molecular flexibility index (Phi) is 2.78. The van der Waals surface area contributed by atoms with Crippen molar-refractivity contribution in [2.45, 2.75) is 0 Å². The van der Waals surface area contributed by atoms with Gasteiger partial charge in [-0.25, -0.2) is 0 Å². The first-order valence-corrected chi connectivity index (χ1v) is 5.81. The Morgan fingerprint density at radius 1 is 1.20 bits per heavy atom. The molecule has 0 spiro atoms. The SMILES string of the molecule is C=C(CBr)c1c(O)ccc2ccccc12. The van der Waals surface area contributed by atoms with E-state index >= 15 is 0 Å². The summed E-state index contributed by atoms with van der Waals surface area (Å²) >= 11 is 3.36. The zero-order chi connectivity index (χ0) is 10.8. The van der Waals surface area contributed by atoms with Gasteiger partial charge in [0.05, 0.1) is 0 Å². The molecule has 0 aliphatic carbocycles. The molecule has 0 aromatic heterocycles. The number of rotatable bonds is 2. The summed E-state index contributed by atoms with van der Waals surface area (Å²) in [7, 11) is 0. The second-order valence-corrected chi connectivity index (χ2v) is 3.98. The van der Waals surface area contributed by atoms with Crippen molar-refractivity contribution in [3.63, 3.8) is 0 Å². The number of hydrogen-bond donors (Lipinski definition) is 1. The highest BCUT2D eigenvalue weighted by Crippen LogP contribution is 2.32. The lowest BCUT2D eigenvalue weighted by molar-refractivity contribution is 0.474. The van der Waals surface area contributed by atoms with Crippen LogP contribution >= 0.6 is 15.9 Å². The Hall–Kier alpha value is -1.28. The Labute approximate surface area is 97.2 Å². The van der Waals surface area contributed by atoms with Crippen LogP contribution in [-0.2, 0) is 0 Å². The zero-order valence-corrected chi connectivity index (χ0v) is 9.79. The lowest BCUT2D eigenvalue weighted by atomic mass is 9.99. The third kappa shape index (κ3) is 1.77. The largest absolute Gasteiger partial charge is 0.507 e. The molecule has 2 aromatic rings. The van der Waals surface area contributed by atoms with Crippen molar-refractivity contribution < 1.29 is 5.11 Å². The molecular weight excluding hydrogens is 252 g/mol. The summed E-state index contributed by atoms with van der Waals surface area (Å²) in [6, 6.07) is 11.6. The number of allylic oxidation sites excluding steroid dienone is 1. The number of alkyl halides is 1. The fraction of sp³-hybridized carbons (Fsp3) is 0.0769. The molecule has 0 heterocycles. The van der Waals surface area contributed by atoms with Crippen LogP contribution in [-0.4, -0.2) is 10.4 Å². The van der Waals surface area contributed by atoms with E-state index in [1.807, 2.05) is 30.3 Å². The molecule has 2 heteroatoms. The van der Waals surface area contributed by atoms with Gasteiger partial charge in [0.15, 0.2) is 0 Å². The smallest absolute Gasteiger partial charge is 0.123 e. The minimum absolute atomic E-state index is 0.290. The van der Waals surface area contributed by atoms with Gasteiger partial charge in [0.25, 0.3) is 0 Å². The Balaban J connectivity index is 2.79. The summed E-state index contributed by atoms with van der Waals surface area (Å²) in [5.41, 5.74) is 1.73. The van der Waals surface area contributed by atoms with Gasteiger partial charge in [-0.3, -0.25) is 0 Å². The van der Waals surface area contributed by atoms with Gasteiger partial charge in [0.1, 0.15) is 5.75 Å². The van der Waals surface area contributed by atoms with E-state index < -0.39 is 0 Å². The van der Waals surface area contributed by atoms with E-state index in [-0.39, 0.29) is 5.75 Å². The molecule has 0 aliphatic heterocycles. The summed E-state index contributed by atoms with van der Waals surface area (Å²) in [6.07, 6.45) is 0. The molecule has 0 aliphatic rings. The van der Waals surface area contributed by atoms with Crippen molar-refractivity contribution in [3.05, 3.63) is 48.5 Å². The van der Waals surface area contributed by atoms with Crippen molar-refractivity contribution in [2.75, 3.05) is 5.33 Å². The molecule has 0 radical (unpaired) electrons. The molecule has 0 bridgehead atoms. The zero-order valence-electron chi connectivity index (χ0n) is 8.20.